The Hall–Kier alpha value is -3.78. The molecule has 0 saturated carbocycles. The summed E-state index contributed by atoms with van der Waals surface area (Å²) in [6.45, 7) is 2.52. The second kappa shape index (κ2) is 8.78. The summed E-state index contributed by atoms with van der Waals surface area (Å²) < 4.78 is 58.9. The Morgan fingerprint density at radius 2 is 1.71 bits per heavy atom. The number of ether oxygens (including phenoxy) is 2. The van der Waals surface area contributed by atoms with Crippen LogP contribution in [-0.2, 0) is 12.7 Å². The Morgan fingerprint density at radius 3 is 2.37 bits per heavy atom. The van der Waals surface area contributed by atoms with Gasteiger partial charge in [-0.3, -0.25) is 9.69 Å². The minimum absolute atomic E-state index is 0.0630. The zero-order valence-electron chi connectivity index (χ0n) is 19.1. The van der Waals surface area contributed by atoms with E-state index < -0.39 is 22.9 Å². The summed E-state index contributed by atoms with van der Waals surface area (Å²) in [6, 6.07) is 18.6. The van der Waals surface area contributed by atoms with Gasteiger partial charge in [0, 0.05) is 12.6 Å². The number of methoxy groups -OCH3 is 1. The fourth-order valence-corrected chi connectivity index (χ4v) is 4.39. The fourth-order valence-electron chi connectivity index (χ4n) is 4.39. The van der Waals surface area contributed by atoms with E-state index >= 15 is 0 Å². The van der Waals surface area contributed by atoms with Gasteiger partial charge >= 0.3 is 6.18 Å². The molecule has 2 heterocycles. The molecule has 5 nitrogen and oxygen atoms in total. The highest BCUT2D eigenvalue weighted by Crippen LogP contribution is 2.41. The zero-order chi connectivity index (χ0) is 24.7. The summed E-state index contributed by atoms with van der Waals surface area (Å²) in [5, 5.41) is 0.0698. The maximum Gasteiger partial charge on any atom is 0.450 e. The van der Waals surface area contributed by atoms with Crippen molar-refractivity contribution in [3.05, 3.63) is 93.8 Å². The molecule has 0 fully saturated rings. The average molecular weight is 481 g/mol. The van der Waals surface area contributed by atoms with Crippen LogP contribution in [0.25, 0.3) is 22.1 Å². The molecule has 0 amide bonds. The van der Waals surface area contributed by atoms with E-state index in [0.717, 1.165) is 5.56 Å². The number of nitrogens with zero attached hydrogens (tertiary/aromatic N) is 1. The van der Waals surface area contributed by atoms with Crippen molar-refractivity contribution in [2.75, 3.05) is 13.8 Å². The molecule has 0 spiro atoms. The highest BCUT2D eigenvalue weighted by Gasteiger charge is 2.40. The lowest BCUT2D eigenvalue weighted by atomic mass is 9.99. The topological polar surface area (TPSA) is 51.9 Å². The lowest BCUT2D eigenvalue weighted by Crippen LogP contribution is -2.34. The molecule has 1 unspecified atom stereocenters. The first-order valence-electron chi connectivity index (χ1n) is 11.0. The fraction of sp³-hybridized carbons (Fsp3) is 0.222. The molecule has 0 N–H and O–H groups in total. The Morgan fingerprint density at radius 1 is 1.00 bits per heavy atom. The normalized spacial score (nSPS) is 14.9. The molecule has 3 aromatic carbocycles. The van der Waals surface area contributed by atoms with Gasteiger partial charge < -0.3 is 13.9 Å². The van der Waals surface area contributed by atoms with Gasteiger partial charge in [0.2, 0.25) is 11.2 Å². The maximum absolute atomic E-state index is 14.1. The Bertz CT molecular complexity index is 1430. The third-order valence-electron chi connectivity index (χ3n) is 6.33. The quantitative estimate of drug-likeness (QED) is 0.338. The smallest absolute Gasteiger partial charge is 0.450 e. The number of fused-ring (bicyclic) bond motifs is 3. The Labute approximate surface area is 199 Å². The van der Waals surface area contributed by atoms with Crippen LogP contribution in [0.4, 0.5) is 13.2 Å². The largest absolute Gasteiger partial charge is 0.497 e. The van der Waals surface area contributed by atoms with Crippen LogP contribution in [0, 0.1) is 0 Å². The molecule has 0 aliphatic carbocycles. The second-order valence-corrected chi connectivity index (χ2v) is 8.39. The van der Waals surface area contributed by atoms with E-state index in [2.05, 4.69) is 0 Å². The summed E-state index contributed by atoms with van der Waals surface area (Å²) in [5.41, 5.74) is 0.169. The number of hydrogen-bond acceptors (Lipinski definition) is 5. The van der Waals surface area contributed by atoms with Crippen molar-refractivity contribution in [1.29, 1.82) is 0 Å². The molecule has 5 rings (SSSR count). The van der Waals surface area contributed by atoms with Crippen molar-refractivity contribution in [3.8, 4) is 22.6 Å². The molecule has 0 saturated heterocycles. The van der Waals surface area contributed by atoms with Crippen molar-refractivity contribution >= 4 is 11.0 Å². The van der Waals surface area contributed by atoms with Crippen LogP contribution in [-0.4, -0.2) is 18.7 Å². The average Bonchev–Trinajstić information content (AvgIpc) is 2.87. The van der Waals surface area contributed by atoms with Gasteiger partial charge in [-0.2, -0.15) is 13.2 Å². The number of benzene rings is 3. The van der Waals surface area contributed by atoms with Crippen LogP contribution in [0.5, 0.6) is 11.5 Å². The van der Waals surface area contributed by atoms with E-state index in [1.165, 1.54) is 37.4 Å². The van der Waals surface area contributed by atoms with Gasteiger partial charge in [-0.15, -0.1) is 0 Å². The first-order chi connectivity index (χ1) is 16.8. The molecule has 1 atom stereocenters. The van der Waals surface area contributed by atoms with E-state index in [1.807, 2.05) is 42.2 Å². The van der Waals surface area contributed by atoms with E-state index in [1.54, 1.807) is 6.07 Å². The van der Waals surface area contributed by atoms with E-state index in [-0.39, 0.29) is 35.9 Å². The number of halogens is 3. The molecule has 8 heteroatoms. The van der Waals surface area contributed by atoms with Gasteiger partial charge in [-0.25, -0.2) is 0 Å². The summed E-state index contributed by atoms with van der Waals surface area (Å²) in [6.07, 6.45) is -4.88. The van der Waals surface area contributed by atoms with Gasteiger partial charge in [0.15, 0.2) is 0 Å². The maximum atomic E-state index is 14.1. The monoisotopic (exact) mass is 481 g/mol. The Kier molecular flexibility index (Phi) is 5.76. The van der Waals surface area contributed by atoms with Gasteiger partial charge in [0.05, 0.1) is 23.6 Å². The van der Waals surface area contributed by atoms with Crippen LogP contribution < -0.4 is 14.9 Å². The molecule has 0 radical (unpaired) electrons. The summed E-state index contributed by atoms with van der Waals surface area (Å²) in [4.78, 5) is 15.4. The van der Waals surface area contributed by atoms with E-state index in [0.29, 0.717) is 17.1 Å². The minimum Gasteiger partial charge on any atom is -0.497 e. The van der Waals surface area contributed by atoms with E-state index in [4.69, 9.17) is 13.9 Å². The molecule has 180 valence electrons. The molecule has 35 heavy (non-hydrogen) atoms. The number of rotatable bonds is 4. The third-order valence-corrected chi connectivity index (χ3v) is 6.33. The van der Waals surface area contributed by atoms with Crippen LogP contribution in [0.2, 0.25) is 0 Å². The minimum atomic E-state index is -4.88. The molecule has 0 bridgehead atoms. The van der Waals surface area contributed by atoms with Crippen LogP contribution in [0.1, 0.15) is 29.9 Å². The van der Waals surface area contributed by atoms with Crippen LogP contribution >= 0.6 is 0 Å². The highest BCUT2D eigenvalue weighted by atomic mass is 19.4. The lowest BCUT2D eigenvalue weighted by molar-refractivity contribution is -0.152. The zero-order valence-corrected chi connectivity index (χ0v) is 19.1. The number of hydrogen-bond donors (Lipinski definition) is 0. The van der Waals surface area contributed by atoms with Crippen molar-refractivity contribution in [1.82, 2.24) is 4.90 Å². The van der Waals surface area contributed by atoms with E-state index in [9.17, 15) is 18.0 Å². The first-order valence-corrected chi connectivity index (χ1v) is 11.0. The van der Waals surface area contributed by atoms with Gasteiger partial charge in [0.25, 0.3) is 0 Å². The standard InChI is InChI=1S/C27H22F3NO4/c1-16(17-6-4-3-5-7-17)31-14-21-22(34-15-31)13-12-20-24(32)23(18-8-10-19(33-2)11-9-18)26(27(28,29)30)35-25(20)21/h3-13,16H,14-15H2,1-2H3. The molecular weight excluding hydrogens is 459 g/mol. The molecule has 1 aromatic heterocycles. The molecular formula is C27H22F3NO4. The van der Waals surface area contributed by atoms with Gasteiger partial charge in [-0.1, -0.05) is 42.5 Å². The third kappa shape index (κ3) is 4.14. The molecule has 1 aliphatic rings. The molecule has 1 aliphatic heterocycles. The number of alkyl halides is 3. The van der Waals surface area contributed by atoms with Gasteiger partial charge in [0.1, 0.15) is 23.8 Å². The predicted molar refractivity (Wildman–Crippen MR) is 125 cm³/mol. The van der Waals surface area contributed by atoms with Crippen molar-refractivity contribution in [2.24, 2.45) is 0 Å². The summed E-state index contributed by atoms with van der Waals surface area (Å²) in [7, 11) is 1.45. The van der Waals surface area contributed by atoms with Crippen LogP contribution in [0.3, 0.4) is 0 Å². The SMILES string of the molecule is COc1ccc(-c2c(C(F)(F)F)oc3c4c(ccc3c2=O)OCN(C(C)c2ccccc2)C4)cc1. The van der Waals surface area contributed by atoms with Gasteiger partial charge in [-0.05, 0) is 42.3 Å². The Balaban J connectivity index is 1.66. The van der Waals surface area contributed by atoms with Crippen molar-refractivity contribution < 1.29 is 27.1 Å². The van der Waals surface area contributed by atoms with Crippen molar-refractivity contribution in [2.45, 2.75) is 25.7 Å². The second-order valence-electron chi connectivity index (χ2n) is 8.39. The van der Waals surface area contributed by atoms with Crippen molar-refractivity contribution in [3.63, 3.8) is 0 Å². The first kappa shape index (κ1) is 23.0. The summed E-state index contributed by atoms with van der Waals surface area (Å²) >= 11 is 0. The predicted octanol–water partition coefficient (Wildman–Crippen LogP) is 6.40. The lowest BCUT2D eigenvalue weighted by Gasteiger charge is -2.34. The van der Waals surface area contributed by atoms with Crippen LogP contribution in [0.15, 0.2) is 75.9 Å². The molecule has 4 aromatic rings. The summed E-state index contributed by atoms with van der Waals surface area (Å²) in [5.74, 6) is -0.462. The highest BCUT2D eigenvalue weighted by molar-refractivity contribution is 5.87.